The fourth-order valence-electron chi connectivity index (χ4n) is 3.25. The van der Waals surface area contributed by atoms with Gasteiger partial charge in [-0.05, 0) is 49.8 Å². The van der Waals surface area contributed by atoms with Crippen LogP contribution in [0, 0.1) is 11.3 Å². The zero-order chi connectivity index (χ0) is 15.0. The van der Waals surface area contributed by atoms with Gasteiger partial charge in [0.1, 0.15) is 0 Å². The standard InChI is InChI=1S/C16H20N2O3/c1-10-4-6-16(7-5-10)9-17-12-3-2-11(14(19)20)8-13(12)18-15(16)21/h2-3,8,10,17H,4-7,9H2,1H3,(H,18,21)(H,19,20). The maximum absolute atomic E-state index is 12.6. The van der Waals surface area contributed by atoms with E-state index in [0.717, 1.165) is 31.4 Å². The van der Waals surface area contributed by atoms with Gasteiger partial charge in [0, 0.05) is 6.54 Å². The average Bonchev–Trinajstić information content (AvgIpc) is 2.59. The molecule has 1 aliphatic heterocycles. The molecule has 0 unspecified atom stereocenters. The molecule has 0 saturated heterocycles. The molecule has 5 nitrogen and oxygen atoms in total. The van der Waals surface area contributed by atoms with Gasteiger partial charge in [-0.3, -0.25) is 4.79 Å². The normalized spacial score (nSPS) is 28.2. The van der Waals surface area contributed by atoms with E-state index in [9.17, 15) is 9.59 Å². The van der Waals surface area contributed by atoms with Gasteiger partial charge < -0.3 is 15.7 Å². The molecule has 1 saturated carbocycles. The lowest BCUT2D eigenvalue weighted by Gasteiger charge is -2.36. The smallest absolute Gasteiger partial charge is 0.335 e. The quantitative estimate of drug-likeness (QED) is 0.742. The van der Waals surface area contributed by atoms with Crippen molar-refractivity contribution >= 4 is 23.3 Å². The van der Waals surface area contributed by atoms with Gasteiger partial charge in [-0.1, -0.05) is 6.92 Å². The van der Waals surface area contributed by atoms with Gasteiger partial charge in [-0.15, -0.1) is 0 Å². The van der Waals surface area contributed by atoms with E-state index in [4.69, 9.17) is 5.11 Å². The monoisotopic (exact) mass is 288 g/mol. The molecule has 1 fully saturated rings. The third-order valence-corrected chi connectivity index (χ3v) is 4.84. The highest BCUT2D eigenvalue weighted by molar-refractivity contribution is 6.01. The summed E-state index contributed by atoms with van der Waals surface area (Å²) in [7, 11) is 0. The molecule has 0 atom stereocenters. The molecule has 1 spiro atoms. The number of anilines is 2. The van der Waals surface area contributed by atoms with Crippen LogP contribution in [0.3, 0.4) is 0 Å². The Balaban J connectivity index is 1.89. The fourth-order valence-corrected chi connectivity index (χ4v) is 3.25. The molecule has 3 N–H and O–H groups in total. The van der Waals surface area contributed by atoms with Crippen LogP contribution in [0.2, 0.25) is 0 Å². The van der Waals surface area contributed by atoms with Gasteiger partial charge in [0.25, 0.3) is 0 Å². The summed E-state index contributed by atoms with van der Waals surface area (Å²) in [4.78, 5) is 23.7. The van der Waals surface area contributed by atoms with Crippen molar-refractivity contribution in [3.8, 4) is 0 Å². The number of benzene rings is 1. The van der Waals surface area contributed by atoms with Gasteiger partial charge in [-0.2, -0.15) is 0 Å². The number of carboxylic acid groups (broad SMARTS) is 1. The summed E-state index contributed by atoms with van der Waals surface area (Å²) in [5, 5.41) is 15.3. The van der Waals surface area contributed by atoms with Gasteiger partial charge in [0.05, 0.1) is 22.4 Å². The molecule has 0 aromatic heterocycles. The highest BCUT2D eigenvalue weighted by Gasteiger charge is 2.42. The largest absolute Gasteiger partial charge is 0.478 e. The molecule has 0 bridgehead atoms. The van der Waals surface area contributed by atoms with Gasteiger partial charge in [0.2, 0.25) is 5.91 Å². The van der Waals surface area contributed by atoms with Crippen LogP contribution in [0.25, 0.3) is 0 Å². The number of nitrogens with one attached hydrogen (secondary N) is 2. The third-order valence-electron chi connectivity index (χ3n) is 4.84. The number of aromatic carboxylic acids is 1. The Morgan fingerprint density at radius 1 is 1.29 bits per heavy atom. The number of fused-ring (bicyclic) bond motifs is 1. The van der Waals surface area contributed by atoms with Crippen molar-refractivity contribution in [2.24, 2.45) is 11.3 Å². The Labute approximate surface area is 123 Å². The van der Waals surface area contributed by atoms with Crippen LogP contribution in [-0.2, 0) is 4.79 Å². The maximum atomic E-state index is 12.6. The summed E-state index contributed by atoms with van der Waals surface area (Å²) in [5.74, 6) is -0.298. The van der Waals surface area contributed by atoms with Crippen molar-refractivity contribution in [1.82, 2.24) is 0 Å². The average molecular weight is 288 g/mol. The molecule has 1 aromatic rings. The molecule has 0 radical (unpaired) electrons. The molecule has 21 heavy (non-hydrogen) atoms. The first-order chi connectivity index (χ1) is 10.00. The van der Waals surface area contributed by atoms with Crippen molar-refractivity contribution in [1.29, 1.82) is 0 Å². The van der Waals surface area contributed by atoms with E-state index >= 15 is 0 Å². The van der Waals surface area contributed by atoms with E-state index in [1.165, 1.54) is 6.07 Å². The zero-order valence-electron chi connectivity index (χ0n) is 12.1. The summed E-state index contributed by atoms with van der Waals surface area (Å²) in [6, 6.07) is 4.80. The Kier molecular flexibility index (Phi) is 3.35. The zero-order valence-corrected chi connectivity index (χ0v) is 12.1. The number of amides is 1. The van der Waals surface area contributed by atoms with Gasteiger partial charge in [0.15, 0.2) is 0 Å². The Bertz CT molecular complexity index is 589. The Hall–Kier alpha value is -2.04. The summed E-state index contributed by atoms with van der Waals surface area (Å²) in [6.45, 7) is 2.84. The van der Waals surface area contributed by atoms with Gasteiger partial charge >= 0.3 is 5.97 Å². The van der Waals surface area contributed by atoms with Crippen LogP contribution in [0.15, 0.2) is 18.2 Å². The number of hydrogen-bond donors (Lipinski definition) is 3. The van der Waals surface area contributed by atoms with E-state index in [1.807, 2.05) is 0 Å². The van der Waals surface area contributed by atoms with E-state index in [-0.39, 0.29) is 16.9 Å². The van der Waals surface area contributed by atoms with E-state index in [2.05, 4.69) is 17.6 Å². The Morgan fingerprint density at radius 2 is 2.00 bits per heavy atom. The molecule has 1 aromatic carbocycles. The predicted octanol–water partition coefficient (Wildman–Crippen LogP) is 2.95. The molecule has 1 aliphatic carbocycles. The SMILES string of the molecule is CC1CCC2(CC1)CNc1ccc(C(=O)O)cc1NC2=O. The second-order valence-corrected chi connectivity index (χ2v) is 6.34. The van der Waals surface area contributed by atoms with Crippen LogP contribution in [0.5, 0.6) is 0 Å². The fraction of sp³-hybridized carbons (Fsp3) is 0.500. The van der Waals surface area contributed by atoms with Crippen LogP contribution in [0.4, 0.5) is 11.4 Å². The highest BCUT2D eigenvalue weighted by atomic mass is 16.4. The predicted molar refractivity (Wildman–Crippen MR) is 80.6 cm³/mol. The minimum absolute atomic E-state index is 0.0168. The first kappa shape index (κ1) is 13.9. The first-order valence-corrected chi connectivity index (χ1v) is 7.43. The van der Waals surface area contributed by atoms with E-state index in [1.54, 1.807) is 12.1 Å². The lowest BCUT2D eigenvalue weighted by atomic mass is 9.70. The second kappa shape index (κ2) is 5.06. The Morgan fingerprint density at radius 3 is 2.67 bits per heavy atom. The highest BCUT2D eigenvalue weighted by Crippen LogP contribution is 2.42. The third kappa shape index (κ3) is 2.48. The minimum atomic E-state index is -0.988. The van der Waals surface area contributed by atoms with Gasteiger partial charge in [-0.25, -0.2) is 4.79 Å². The van der Waals surface area contributed by atoms with Crippen LogP contribution in [0.1, 0.15) is 43.0 Å². The first-order valence-electron chi connectivity index (χ1n) is 7.43. The summed E-state index contributed by atoms with van der Waals surface area (Å²) < 4.78 is 0. The summed E-state index contributed by atoms with van der Waals surface area (Å²) in [6.07, 6.45) is 3.89. The number of rotatable bonds is 1. The molecule has 3 rings (SSSR count). The van der Waals surface area contributed by atoms with Crippen LogP contribution < -0.4 is 10.6 Å². The molecule has 112 valence electrons. The number of carbonyl (C=O) groups excluding carboxylic acids is 1. The van der Waals surface area contributed by atoms with Crippen LogP contribution >= 0.6 is 0 Å². The molecule has 1 heterocycles. The number of hydrogen-bond acceptors (Lipinski definition) is 3. The second-order valence-electron chi connectivity index (χ2n) is 6.34. The van der Waals surface area contributed by atoms with E-state index < -0.39 is 5.97 Å². The molecular weight excluding hydrogens is 268 g/mol. The number of carbonyl (C=O) groups is 2. The lowest BCUT2D eigenvalue weighted by molar-refractivity contribution is -0.126. The molecular formula is C16H20N2O3. The van der Waals surface area contributed by atoms with Crippen molar-refractivity contribution in [2.45, 2.75) is 32.6 Å². The van der Waals surface area contributed by atoms with Crippen molar-refractivity contribution in [2.75, 3.05) is 17.2 Å². The summed E-state index contributed by atoms with van der Waals surface area (Å²) in [5.41, 5.74) is 1.18. The van der Waals surface area contributed by atoms with Crippen molar-refractivity contribution in [3.63, 3.8) is 0 Å². The number of carboxylic acids is 1. The van der Waals surface area contributed by atoms with Crippen LogP contribution in [-0.4, -0.2) is 23.5 Å². The van der Waals surface area contributed by atoms with Crippen molar-refractivity contribution < 1.29 is 14.7 Å². The topological polar surface area (TPSA) is 78.4 Å². The lowest BCUT2D eigenvalue weighted by Crippen LogP contribution is -2.42. The summed E-state index contributed by atoms with van der Waals surface area (Å²) >= 11 is 0. The molecule has 2 aliphatic rings. The molecule has 1 amide bonds. The van der Waals surface area contributed by atoms with E-state index in [0.29, 0.717) is 18.2 Å². The molecule has 5 heteroatoms. The minimum Gasteiger partial charge on any atom is -0.478 e. The maximum Gasteiger partial charge on any atom is 0.335 e. The van der Waals surface area contributed by atoms with Crippen molar-refractivity contribution in [3.05, 3.63) is 23.8 Å².